The fourth-order valence-electron chi connectivity index (χ4n) is 3.45. The van der Waals surface area contributed by atoms with Gasteiger partial charge < -0.3 is 10.0 Å². The van der Waals surface area contributed by atoms with Crippen LogP contribution in [0, 0.1) is 11.3 Å². The number of rotatable bonds is 1. The van der Waals surface area contributed by atoms with E-state index >= 15 is 0 Å². The van der Waals surface area contributed by atoms with E-state index in [9.17, 15) is 4.79 Å². The molecule has 1 aromatic heterocycles. The number of nitriles is 1. The first kappa shape index (κ1) is 16.6. The van der Waals surface area contributed by atoms with Gasteiger partial charge in [0, 0.05) is 12.1 Å². The highest BCUT2D eigenvalue weighted by molar-refractivity contribution is 5.83. The molecule has 0 saturated carbocycles. The second-order valence-corrected chi connectivity index (χ2v) is 5.91. The molecule has 2 aliphatic heterocycles. The highest BCUT2D eigenvalue weighted by Crippen LogP contribution is 2.40. The fraction of sp³-hybridized carbons (Fsp3) is 0.353. The Bertz CT molecular complexity index is 837. The zero-order valence-electron chi connectivity index (χ0n) is 13.7. The van der Waals surface area contributed by atoms with Gasteiger partial charge in [0.1, 0.15) is 6.04 Å². The summed E-state index contributed by atoms with van der Waals surface area (Å²) in [6, 6.07) is 9.10. The highest BCUT2D eigenvalue weighted by atomic mass is 16.3. The number of aromatic nitrogens is 3. The van der Waals surface area contributed by atoms with Gasteiger partial charge >= 0.3 is 0 Å². The van der Waals surface area contributed by atoms with Gasteiger partial charge in [-0.25, -0.2) is 0 Å². The van der Waals surface area contributed by atoms with Gasteiger partial charge in [0.2, 0.25) is 5.91 Å². The molecular formula is C17H17N5O3. The summed E-state index contributed by atoms with van der Waals surface area (Å²) < 4.78 is 1.95. The summed E-state index contributed by atoms with van der Waals surface area (Å²) in [6.45, 7) is 2.46. The van der Waals surface area contributed by atoms with Crippen LogP contribution in [0.4, 0.5) is 0 Å². The first-order valence-electron chi connectivity index (χ1n) is 7.96. The van der Waals surface area contributed by atoms with E-state index in [4.69, 9.17) is 15.2 Å². The molecule has 3 heterocycles. The Balaban J connectivity index is 0.000000569. The maximum atomic E-state index is 12.6. The van der Waals surface area contributed by atoms with Crippen LogP contribution >= 0.6 is 0 Å². The fourth-order valence-corrected chi connectivity index (χ4v) is 3.45. The molecule has 8 heteroatoms. The highest BCUT2D eigenvalue weighted by Gasteiger charge is 2.42. The average molecular weight is 339 g/mol. The zero-order valence-corrected chi connectivity index (χ0v) is 13.7. The molecule has 1 N–H and O–H groups in total. The quantitative estimate of drug-likeness (QED) is 0.792. The number of amides is 1. The normalized spacial score (nSPS) is 20.8. The van der Waals surface area contributed by atoms with E-state index in [-0.39, 0.29) is 24.5 Å². The molecule has 2 aromatic rings. The van der Waals surface area contributed by atoms with Crippen LogP contribution in [0.5, 0.6) is 0 Å². The minimum Gasteiger partial charge on any atom is -0.483 e. The van der Waals surface area contributed by atoms with Gasteiger partial charge in [0.05, 0.1) is 17.7 Å². The number of carboxylic acid groups (broad SMARTS) is 1. The van der Waals surface area contributed by atoms with Gasteiger partial charge in [0.25, 0.3) is 6.47 Å². The minimum absolute atomic E-state index is 0.0586. The standard InChI is InChI=1S/C16H15N5O.CH2O2/c1-10-16(22)20-8-2-3-13(20)15-19-18-14(21(10)15)12-6-4-11(9-17)5-7-12;2-1-3/h4-7,10,13H,2-3,8H2,1H3;1H,(H,2,3)/t10-,13+;/m0./s1. The third-order valence-electron chi connectivity index (χ3n) is 4.57. The van der Waals surface area contributed by atoms with Gasteiger partial charge in [-0.2, -0.15) is 5.26 Å². The second kappa shape index (κ2) is 6.73. The summed E-state index contributed by atoms with van der Waals surface area (Å²) >= 11 is 0. The smallest absolute Gasteiger partial charge is 0.290 e. The van der Waals surface area contributed by atoms with Crippen molar-refractivity contribution in [2.24, 2.45) is 0 Å². The number of fused-ring (bicyclic) bond motifs is 3. The molecule has 0 bridgehead atoms. The van der Waals surface area contributed by atoms with E-state index in [2.05, 4.69) is 16.3 Å². The molecule has 0 unspecified atom stereocenters. The Morgan fingerprint density at radius 2 is 2.00 bits per heavy atom. The molecule has 4 rings (SSSR count). The van der Waals surface area contributed by atoms with Gasteiger partial charge in [-0.3, -0.25) is 14.2 Å². The first-order valence-corrected chi connectivity index (χ1v) is 7.96. The number of hydrogen-bond acceptors (Lipinski definition) is 5. The molecular weight excluding hydrogens is 322 g/mol. The molecule has 1 aromatic carbocycles. The summed E-state index contributed by atoms with van der Waals surface area (Å²) in [6.07, 6.45) is 1.96. The topological polar surface area (TPSA) is 112 Å². The Morgan fingerprint density at radius 3 is 2.64 bits per heavy atom. The molecule has 2 atom stereocenters. The zero-order chi connectivity index (χ0) is 18.0. The predicted molar refractivity (Wildman–Crippen MR) is 87.3 cm³/mol. The summed E-state index contributed by atoms with van der Waals surface area (Å²) in [5.74, 6) is 1.72. The third-order valence-corrected chi connectivity index (χ3v) is 4.57. The molecule has 0 radical (unpaired) electrons. The number of benzene rings is 1. The van der Waals surface area contributed by atoms with Crippen LogP contribution in [0.25, 0.3) is 11.4 Å². The van der Waals surface area contributed by atoms with Crippen molar-refractivity contribution in [3.8, 4) is 17.5 Å². The summed E-state index contributed by atoms with van der Waals surface area (Å²) in [7, 11) is 0. The summed E-state index contributed by atoms with van der Waals surface area (Å²) in [5.41, 5.74) is 1.48. The maximum Gasteiger partial charge on any atom is 0.290 e. The second-order valence-electron chi connectivity index (χ2n) is 5.91. The van der Waals surface area contributed by atoms with E-state index < -0.39 is 0 Å². The lowest BCUT2D eigenvalue weighted by atomic mass is 10.1. The van der Waals surface area contributed by atoms with Crippen molar-refractivity contribution in [1.82, 2.24) is 19.7 Å². The summed E-state index contributed by atoms with van der Waals surface area (Å²) in [4.78, 5) is 22.8. The van der Waals surface area contributed by atoms with E-state index in [1.807, 2.05) is 28.5 Å². The van der Waals surface area contributed by atoms with Crippen LogP contribution in [0.3, 0.4) is 0 Å². The van der Waals surface area contributed by atoms with Crippen molar-refractivity contribution in [3.63, 3.8) is 0 Å². The van der Waals surface area contributed by atoms with Crippen molar-refractivity contribution < 1.29 is 14.7 Å². The van der Waals surface area contributed by atoms with Gasteiger partial charge in [0.15, 0.2) is 11.6 Å². The number of hydrogen-bond donors (Lipinski definition) is 1. The third kappa shape index (κ3) is 2.74. The van der Waals surface area contributed by atoms with Crippen LogP contribution in [-0.4, -0.2) is 43.7 Å². The monoisotopic (exact) mass is 339 g/mol. The van der Waals surface area contributed by atoms with Crippen molar-refractivity contribution >= 4 is 12.4 Å². The molecule has 1 amide bonds. The molecule has 128 valence electrons. The molecule has 0 spiro atoms. The van der Waals surface area contributed by atoms with Crippen molar-refractivity contribution in [2.75, 3.05) is 6.54 Å². The van der Waals surface area contributed by atoms with Crippen LogP contribution in [0.1, 0.15) is 43.2 Å². The Morgan fingerprint density at radius 1 is 1.32 bits per heavy atom. The van der Waals surface area contributed by atoms with E-state index in [1.165, 1.54) is 0 Å². The molecule has 8 nitrogen and oxygen atoms in total. The minimum atomic E-state index is -0.287. The maximum absolute atomic E-state index is 12.6. The van der Waals surface area contributed by atoms with Crippen molar-refractivity contribution in [3.05, 3.63) is 35.7 Å². The Kier molecular flexibility index (Phi) is 4.48. The summed E-state index contributed by atoms with van der Waals surface area (Å²) in [5, 5.41) is 24.5. The van der Waals surface area contributed by atoms with E-state index in [0.717, 1.165) is 30.8 Å². The van der Waals surface area contributed by atoms with Gasteiger partial charge in [-0.15, -0.1) is 10.2 Å². The first-order chi connectivity index (χ1) is 12.1. The van der Waals surface area contributed by atoms with Crippen LogP contribution in [0.15, 0.2) is 24.3 Å². The van der Waals surface area contributed by atoms with E-state index in [0.29, 0.717) is 11.4 Å². The molecule has 0 aliphatic carbocycles. The Hall–Kier alpha value is -3.21. The largest absolute Gasteiger partial charge is 0.483 e. The lowest BCUT2D eigenvalue weighted by molar-refractivity contribution is -0.137. The van der Waals surface area contributed by atoms with E-state index in [1.54, 1.807) is 12.1 Å². The number of nitrogens with zero attached hydrogens (tertiary/aromatic N) is 5. The molecule has 2 aliphatic rings. The molecule has 25 heavy (non-hydrogen) atoms. The van der Waals surface area contributed by atoms with Crippen LogP contribution in [0.2, 0.25) is 0 Å². The lowest BCUT2D eigenvalue weighted by Crippen LogP contribution is -2.42. The average Bonchev–Trinajstić information content (AvgIpc) is 3.27. The van der Waals surface area contributed by atoms with Crippen molar-refractivity contribution in [1.29, 1.82) is 5.26 Å². The molecule has 1 saturated heterocycles. The predicted octanol–water partition coefficient (Wildman–Crippen LogP) is 1.76. The number of carbonyl (C=O) groups excluding carboxylic acids is 1. The Labute approximate surface area is 144 Å². The lowest BCUT2D eigenvalue weighted by Gasteiger charge is -2.34. The van der Waals surface area contributed by atoms with Crippen LogP contribution < -0.4 is 0 Å². The SMILES string of the molecule is C[C@H]1C(=O)N2CCC[C@@H]2c2nnc(-c3ccc(C#N)cc3)n21.O=CO. The van der Waals surface area contributed by atoms with Crippen molar-refractivity contribution in [2.45, 2.75) is 31.8 Å². The number of carbonyl (C=O) groups is 2. The van der Waals surface area contributed by atoms with Gasteiger partial charge in [-0.1, -0.05) is 0 Å². The molecule has 1 fully saturated rings. The van der Waals surface area contributed by atoms with Crippen LogP contribution in [-0.2, 0) is 9.59 Å². The van der Waals surface area contributed by atoms with Gasteiger partial charge in [-0.05, 0) is 44.0 Å².